The van der Waals surface area contributed by atoms with Crippen molar-refractivity contribution >= 4 is 22.7 Å². The molecule has 0 radical (unpaired) electrons. The topological polar surface area (TPSA) is 67.1 Å². The molecule has 1 heterocycles. The lowest BCUT2D eigenvalue weighted by molar-refractivity contribution is -0.666. The molecule has 0 aliphatic carbocycles. The van der Waals surface area contributed by atoms with Gasteiger partial charge in [-0.2, -0.15) is 0 Å². The second kappa shape index (κ2) is 7.55. The van der Waals surface area contributed by atoms with Gasteiger partial charge in [0.25, 0.3) is 0 Å². The highest BCUT2D eigenvalue weighted by Gasteiger charge is 2.11. The summed E-state index contributed by atoms with van der Waals surface area (Å²) in [5.41, 5.74) is 1.64. The largest absolute Gasteiger partial charge is 0.508 e. The van der Waals surface area contributed by atoms with E-state index < -0.39 is 0 Å². The lowest BCUT2D eigenvalue weighted by atomic mass is 10.1. The summed E-state index contributed by atoms with van der Waals surface area (Å²) in [4.78, 5) is 13.0. The highest BCUT2D eigenvalue weighted by atomic mass is 32.2. The maximum Gasteiger partial charge on any atom is 0.336 e. The highest BCUT2D eigenvalue weighted by Crippen LogP contribution is 2.26. The Morgan fingerprint density at radius 1 is 1.17 bits per heavy atom. The van der Waals surface area contributed by atoms with Gasteiger partial charge in [-0.1, -0.05) is 18.2 Å². The Balaban J connectivity index is 1.65. The number of phenolic OH excluding ortho intramolecular Hbond substituents is 1. The van der Waals surface area contributed by atoms with Crippen molar-refractivity contribution in [1.29, 1.82) is 0 Å². The van der Waals surface area contributed by atoms with Gasteiger partial charge in [-0.15, -0.1) is 11.8 Å². The van der Waals surface area contributed by atoms with Crippen LogP contribution in [0.5, 0.6) is 5.75 Å². The van der Waals surface area contributed by atoms with Crippen molar-refractivity contribution in [2.45, 2.75) is 18.4 Å². The SMILES string of the molecule is Cc1c(O)ccc2c(C[NH2+]CCSc3ccccc3)cc(=O)oc12. The number of quaternary nitrogens is 1. The van der Waals surface area contributed by atoms with E-state index >= 15 is 0 Å². The van der Waals surface area contributed by atoms with Gasteiger partial charge in [0, 0.05) is 33.2 Å². The summed E-state index contributed by atoms with van der Waals surface area (Å²) in [6, 6.07) is 15.3. The van der Waals surface area contributed by atoms with Crippen LogP contribution in [-0.4, -0.2) is 17.4 Å². The molecule has 2 aromatic carbocycles. The molecule has 0 saturated carbocycles. The number of thioether (sulfide) groups is 1. The van der Waals surface area contributed by atoms with Crippen LogP contribution in [0.25, 0.3) is 11.0 Å². The number of hydrogen-bond acceptors (Lipinski definition) is 4. The molecule has 0 spiro atoms. The second-order valence-corrected chi connectivity index (χ2v) is 6.79. The lowest BCUT2D eigenvalue weighted by Crippen LogP contribution is -2.83. The Morgan fingerprint density at radius 3 is 2.75 bits per heavy atom. The minimum atomic E-state index is -0.377. The molecule has 0 atom stereocenters. The monoisotopic (exact) mass is 342 g/mol. The Hall–Kier alpha value is -2.24. The van der Waals surface area contributed by atoms with Crippen molar-refractivity contribution in [3.8, 4) is 5.75 Å². The molecule has 3 N–H and O–H groups in total. The van der Waals surface area contributed by atoms with Crippen molar-refractivity contribution in [2.75, 3.05) is 12.3 Å². The van der Waals surface area contributed by atoms with Crippen LogP contribution in [0, 0.1) is 6.92 Å². The van der Waals surface area contributed by atoms with E-state index in [-0.39, 0.29) is 11.4 Å². The zero-order chi connectivity index (χ0) is 16.9. The molecule has 0 unspecified atom stereocenters. The van der Waals surface area contributed by atoms with Gasteiger partial charge < -0.3 is 14.8 Å². The molecule has 0 saturated heterocycles. The number of benzene rings is 2. The van der Waals surface area contributed by atoms with E-state index in [1.807, 2.05) is 36.0 Å². The number of rotatable bonds is 6. The molecule has 0 bridgehead atoms. The molecule has 0 fully saturated rings. The average molecular weight is 342 g/mol. The number of nitrogens with two attached hydrogens (primary N) is 1. The van der Waals surface area contributed by atoms with Gasteiger partial charge in [0.15, 0.2) is 0 Å². The van der Waals surface area contributed by atoms with E-state index in [0.717, 1.165) is 23.2 Å². The van der Waals surface area contributed by atoms with Crippen molar-refractivity contribution in [3.63, 3.8) is 0 Å². The van der Waals surface area contributed by atoms with Gasteiger partial charge in [-0.3, -0.25) is 0 Å². The van der Waals surface area contributed by atoms with E-state index in [4.69, 9.17) is 4.42 Å². The zero-order valence-electron chi connectivity index (χ0n) is 13.5. The first-order valence-electron chi connectivity index (χ1n) is 7.90. The number of aryl methyl sites for hydroxylation is 1. The molecule has 1 aromatic heterocycles. The molecule has 4 nitrogen and oxygen atoms in total. The van der Waals surface area contributed by atoms with Crippen LogP contribution in [0.1, 0.15) is 11.1 Å². The summed E-state index contributed by atoms with van der Waals surface area (Å²) >= 11 is 1.82. The molecule has 0 amide bonds. The highest BCUT2D eigenvalue weighted by molar-refractivity contribution is 7.99. The predicted octanol–water partition coefficient (Wildman–Crippen LogP) is 2.66. The fourth-order valence-corrected chi connectivity index (χ4v) is 3.49. The van der Waals surface area contributed by atoms with Crippen molar-refractivity contribution in [1.82, 2.24) is 0 Å². The number of fused-ring (bicyclic) bond motifs is 1. The van der Waals surface area contributed by atoms with Crippen LogP contribution in [0.3, 0.4) is 0 Å². The molecule has 24 heavy (non-hydrogen) atoms. The molecule has 0 aliphatic rings. The van der Waals surface area contributed by atoms with Gasteiger partial charge >= 0.3 is 5.63 Å². The van der Waals surface area contributed by atoms with E-state index in [2.05, 4.69) is 17.4 Å². The second-order valence-electron chi connectivity index (χ2n) is 5.62. The molecular formula is C19H20NO3S+. The Labute approximate surface area is 144 Å². The molecule has 3 rings (SSSR count). The molecule has 5 heteroatoms. The van der Waals surface area contributed by atoms with Gasteiger partial charge in [0.05, 0.1) is 6.54 Å². The van der Waals surface area contributed by atoms with E-state index in [1.165, 1.54) is 4.90 Å². The van der Waals surface area contributed by atoms with Crippen LogP contribution in [0.2, 0.25) is 0 Å². The molecule has 3 aromatic rings. The average Bonchev–Trinajstić information content (AvgIpc) is 2.59. The molecule has 0 aliphatic heterocycles. The smallest absolute Gasteiger partial charge is 0.336 e. The number of phenols is 1. The summed E-state index contributed by atoms with van der Waals surface area (Å²) in [5, 5.41) is 12.9. The van der Waals surface area contributed by atoms with Gasteiger partial charge in [-0.25, -0.2) is 4.79 Å². The van der Waals surface area contributed by atoms with E-state index in [1.54, 1.807) is 19.1 Å². The summed E-state index contributed by atoms with van der Waals surface area (Å²) in [5.74, 6) is 1.15. The number of aromatic hydroxyl groups is 1. The van der Waals surface area contributed by atoms with Crippen LogP contribution < -0.4 is 10.9 Å². The van der Waals surface area contributed by atoms with E-state index in [9.17, 15) is 9.90 Å². The normalized spacial score (nSPS) is 11.0. The maximum atomic E-state index is 11.8. The minimum absolute atomic E-state index is 0.144. The Morgan fingerprint density at radius 2 is 1.96 bits per heavy atom. The number of hydrogen-bond donors (Lipinski definition) is 2. The lowest BCUT2D eigenvalue weighted by Gasteiger charge is -2.08. The van der Waals surface area contributed by atoms with Crippen molar-refractivity contribution in [3.05, 3.63) is 70.1 Å². The third kappa shape index (κ3) is 3.80. The van der Waals surface area contributed by atoms with Crippen LogP contribution >= 0.6 is 11.8 Å². The van der Waals surface area contributed by atoms with E-state index in [0.29, 0.717) is 17.7 Å². The van der Waals surface area contributed by atoms with Crippen molar-refractivity contribution < 1.29 is 14.8 Å². The molecule has 124 valence electrons. The summed E-state index contributed by atoms with van der Waals surface area (Å²) < 4.78 is 5.27. The summed E-state index contributed by atoms with van der Waals surface area (Å²) in [6.07, 6.45) is 0. The molecular weight excluding hydrogens is 322 g/mol. The Bertz CT molecular complexity index is 890. The first-order chi connectivity index (χ1) is 11.6. The third-order valence-electron chi connectivity index (χ3n) is 3.92. The fourth-order valence-electron chi connectivity index (χ4n) is 2.62. The fraction of sp³-hybridized carbons (Fsp3) is 0.211. The van der Waals surface area contributed by atoms with Gasteiger partial charge in [0.1, 0.15) is 17.9 Å². The summed E-state index contributed by atoms with van der Waals surface area (Å²) in [6.45, 7) is 3.42. The van der Waals surface area contributed by atoms with Crippen LogP contribution in [-0.2, 0) is 6.54 Å². The van der Waals surface area contributed by atoms with Gasteiger partial charge in [-0.05, 0) is 31.2 Å². The first-order valence-corrected chi connectivity index (χ1v) is 8.88. The third-order valence-corrected chi connectivity index (χ3v) is 4.96. The predicted molar refractivity (Wildman–Crippen MR) is 96.5 cm³/mol. The van der Waals surface area contributed by atoms with Crippen LogP contribution in [0.15, 0.2) is 62.6 Å². The maximum absolute atomic E-state index is 11.8. The van der Waals surface area contributed by atoms with Crippen molar-refractivity contribution in [2.24, 2.45) is 0 Å². The first kappa shape index (κ1) is 16.6. The zero-order valence-corrected chi connectivity index (χ0v) is 14.3. The minimum Gasteiger partial charge on any atom is -0.508 e. The van der Waals surface area contributed by atoms with Gasteiger partial charge in [0.2, 0.25) is 0 Å². The quantitative estimate of drug-likeness (QED) is 0.411. The standard InChI is InChI=1S/C19H19NO3S/c1-13-17(21)8-7-16-14(11-18(22)23-19(13)16)12-20-9-10-24-15-5-3-2-4-6-15/h2-8,11,20-21H,9-10,12H2,1H3/p+1. The summed E-state index contributed by atoms with van der Waals surface area (Å²) in [7, 11) is 0. The Kier molecular flexibility index (Phi) is 5.23. The van der Waals surface area contributed by atoms with Crippen LogP contribution in [0.4, 0.5) is 0 Å².